The molecule has 4 N–H and O–H groups in total. The minimum absolute atomic E-state index is 0.105. The van der Waals surface area contributed by atoms with Crippen molar-refractivity contribution in [3.63, 3.8) is 0 Å². The zero-order valence-corrected chi connectivity index (χ0v) is 21.2. The quantitative estimate of drug-likeness (QED) is 0.340. The van der Waals surface area contributed by atoms with Crippen LogP contribution in [0.25, 0.3) is 11.3 Å². The van der Waals surface area contributed by atoms with E-state index in [1.54, 1.807) is 30.5 Å². The van der Waals surface area contributed by atoms with E-state index in [4.69, 9.17) is 10.5 Å². The van der Waals surface area contributed by atoms with Gasteiger partial charge in [-0.1, -0.05) is 24.6 Å². The number of anilines is 3. The molecule has 1 unspecified atom stereocenters. The molecule has 0 bridgehead atoms. The molecule has 3 fully saturated rings. The summed E-state index contributed by atoms with van der Waals surface area (Å²) in [4.78, 5) is 9.10. The summed E-state index contributed by atoms with van der Waals surface area (Å²) < 4.78 is 5.55. The maximum absolute atomic E-state index is 10.2. The van der Waals surface area contributed by atoms with E-state index in [0.717, 1.165) is 56.2 Å². The lowest BCUT2D eigenvalue weighted by Crippen LogP contribution is -2.62. The molecule has 3 saturated heterocycles. The molecule has 0 aliphatic carbocycles. The molecule has 2 aromatic heterocycles. The number of phenols is 1. The fourth-order valence-electron chi connectivity index (χ4n) is 5.42. The number of hydrogen-bond acceptors (Lipinski definition) is 9. The molecular formula is C29H31N7O2. The van der Waals surface area contributed by atoms with Gasteiger partial charge in [0.25, 0.3) is 0 Å². The molecule has 3 aromatic rings. The normalized spacial score (nSPS) is 19.9. The Morgan fingerprint density at radius 3 is 2.79 bits per heavy atom. The lowest BCUT2D eigenvalue weighted by atomic mass is 9.78. The molecule has 0 amide bonds. The largest absolute Gasteiger partial charge is 0.507 e. The fraction of sp³-hybridized carbons (Fsp3) is 0.345. The van der Waals surface area contributed by atoms with Crippen molar-refractivity contribution < 1.29 is 9.84 Å². The third kappa shape index (κ3) is 4.64. The van der Waals surface area contributed by atoms with Gasteiger partial charge in [0.15, 0.2) is 5.82 Å². The number of rotatable bonds is 6. The number of phenolic OH excluding ortho intramolecular Hbond substituents is 1. The van der Waals surface area contributed by atoms with Crippen molar-refractivity contribution >= 4 is 17.2 Å². The fourth-order valence-corrected chi connectivity index (χ4v) is 5.42. The number of hydrogen-bond donors (Lipinski definition) is 3. The summed E-state index contributed by atoms with van der Waals surface area (Å²) in [5.41, 5.74) is 11.0. The first kappa shape index (κ1) is 24.2. The lowest BCUT2D eigenvalue weighted by Gasteiger charge is -2.54. The molecule has 5 heterocycles. The first-order chi connectivity index (χ1) is 18.5. The van der Waals surface area contributed by atoms with E-state index in [1.165, 1.54) is 6.42 Å². The minimum atomic E-state index is 0.105. The number of aromatic nitrogens is 3. The van der Waals surface area contributed by atoms with Gasteiger partial charge in [-0.3, -0.25) is 4.90 Å². The highest BCUT2D eigenvalue weighted by atomic mass is 16.5. The number of aromatic hydroxyl groups is 1. The molecule has 0 saturated carbocycles. The summed E-state index contributed by atoms with van der Waals surface area (Å²) in [5.74, 6) is 7.03. The van der Waals surface area contributed by atoms with Crippen molar-refractivity contribution in [2.24, 2.45) is 0 Å². The number of nitrogens with zero attached hydrogens (tertiary/aromatic N) is 5. The molecule has 194 valence electrons. The summed E-state index contributed by atoms with van der Waals surface area (Å²) >= 11 is 0. The van der Waals surface area contributed by atoms with Crippen LogP contribution in [0.15, 0.2) is 60.9 Å². The van der Waals surface area contributed by atoms with E-state index in [-0.39, 0.29) is 11.8 Å². The third-order valence-corrected chi connectivity index (χ3v) is 7.88. The van der Waals surface area contributed by atoms with Crippen LogP contribution in [0.3, 0.4) is 0 Å². The van der Waals surface area contributed by atoms with Crippen LogP contribution in [0.5, 0.6) is 5.75 Å². The van der Waals surface area contributed by atoms with E-state index < -0.39 is 0 Å². The summed E-state index contributed by atoms with van der Waals surface area (Å²) in [6, 6.07) is 12.9. The van der Waals surface area contributed by atoms with Gasteiger partial charge < -0.3 is 25.8 Å². The predicted octanol–water partition coefficient (Wildman–Crippen LogP) is 3.25. The Hall–Kier alpha value is -4.13. The zero-order valence-electron chi connectivity index (χ0n) is 21.2. The highest BCUT2D eigenvalue weighted by molar-refractivity contribution is 5.74. The Morgan fingerprint density at radius 1 is 1.16 bits per heavy atom. The molecule has 1 aromatic carbocycles. The van der Waals surface area contributed by atoms with Crippen LogP contribution in [-0.2, 0) is 4.74 Å². The van der Waals surface area contributed by atoms with Crippen molar-refractivity contribution in [2.75, 3.05) is 48.8 Å². The Bertz CT molecular complexity index is 1420. The SMILES string of the molecule is C=C1C(CNc2cc(-c3ccccc3O)nnc2N)N1c1ccnc(C#CCN2CCC23CCOCC3)c1. The number of nitrogens with one attached hydrogen (secondary N) is 1. The third-order valence-electron chi connectivity index (χ3n) is 7.88. The van der Waals surface area contributed by atoms with Gasteiger partial charge >= 0.3 is 0 Å². The van der Waals surface area contributed by atoms with E-state index in [0.29, 0.717) is 34.8 Å². The van der Waals surface area contributed by atoms with Crippen molar-refractivity contribution in [2.45, 2.75) is 30.8 Å². The monoisotopic (exact) mass is 509 g/mol. The highest BCUT2D eigenvalue weighted by Gasteiger charge is 2.44. The standard InChI is InChI=1S/C29H31N7O2/c1-20-26(19-32-25-18-24(33-34-28(25)30)23-6-2-3-7-27(23)37)36(20)22-8-12-31-21(17-22)5-4-13-35-14-9-29(35)10-15-38-16-11-29/h2-3,6-8,12,17-18,26,37H,1,9-11,13-16,19H2,(H2,30,34)(H,32,33). The van der Waals surface area contributed by atoms with Gasteiger partial charge in [0, 0.05) is 55.0 Å². The number of para-hydroxylation sites is 1. The smallest absolute Gasteiger partial charge is 0.169 e. The topological polar surface area (TPSA) is 112 Å². The molecule has 0 radical (unpaired) electrons. The summed E-state index contributed by atoms with van der Waals surface area (Å²) in [6.07, 6.45) is 5.25. The predicted molar refractivity (Wildman–Crippen MR) is 148 cm³/mol. The van der Waals surface area contributed by atoms with Gasteiger partial charge in [0.05, 0.1) is 24.0 Å². The van der Waals surface area contributed by atoms with E-state index in [9.17, 15) is 5.11 Å². The zero-order chi connectivity index (χ0) is 26.1. The maximum atomic E-state index is 10.2. The first-order valence-corrected chi connectivity index (χ1v) is 13.0. The number of likely N-dealkylation sites (tertiary alicyclic amines) is 1. The van der Waals surface area contributed by atoms with Crippen LogP contribution >= 0.6 is 0 Å². The number of nitrogens with two attached hydrogens (primary N) is 1. The second kappa shape index (κ2) is 9.97. The van der Waals surface area contributed by atoms with Crippen LogP contribution in [-0.4, -0.2) is 69.6 Å². The average molecular weight is 510 g/mol. The lowest BCUT2D eigenvalue weighted by molar-refractivity contribution is -0.0823. The molecule has 3 aliphatic heterocycles. The van der Waals surface area contributed by atoms with Crippen molar-refractivity contribution in [3.8, 4) is 28.8 Å². The van der Waals surface area contributed by atoms with Crippen molar-refractivity contribution in [1.29, 1.82) is 0 Å². The molecule has 9 heteroatoms. The van der Waals surface area contributed by atoms with Gasteiger partial charge in [-0.2, -0.15) is 0 Å². The minimum Gasteiger partial charge on any atom is -0.507 e. The molecule has 6 rings (SSSR count). The maximum Gasteiger partial charge on any atom is 0.169 e. The summed E-state index contributed by atoms with van der Waals surface area (Å²) in [6.45, 7) is 8.39. The molecule has 3 aliphatic rings. The average Bonchev–Trinajstić information content (AvgIpc) is 3.59. The Labute approximate surface area is 222 Å². The Kier molecular flexibility index (Phi) is 6.35. The molecule has 9 nitrogen and oxygen atoms in total. The van der Waals surface area contributed by atoms with E-state index >= 15 is 0 Å². The van der Waals surface area contributed by atoms with Gasteiger partial charge in [-0.25, -0.2) is 4.98 Å². The molecular weight excluding hydrogens is 478 g/mol. The van der Waals surface area contributed by atoms with Gasteiger partial charge in [0.1, 0.15) is 11.4 Å². The van der Waals surface area contributed by atoms with Gasteiger partial charge in [-0.15, -0.1) is 10.2 Å². The highest BCUT2D eigenvalue weighted by Crippen LogP contribution is 2.39. The van der Waals surface area contributed by atoms with E-state index in [1.807, 2.05) is 18.2 Å². The number of benzene rings is 1. The van der Waals surface area contributed by atoms with Gasteiger partial charge in [0.2, 0.25) is 0 Å². The van der Waals surface area contributed by atoms with E-state index in [2.05, 4.69) is 48.7 Å². The molecule has 1 atom stereocenters. The number of pyridine rings is 1. The Balaban J connectivity index is 1.08. The van der Waals surface area contributed by atoms with Gasteiger partial charge in [-0.05, 0) is 55.5 Å². The van der Waals surface area contributed by atoms with Crippen molar-refractivity contribution in [1.82, 2.24) is 20.1 Å². The number of nitrogen functional groups attached to an aromatic ring is 1. The molecule has 1 spiro atoms. The van der Waals surface area contributed by atoms with Crippen LogP contribution in [0.4, 0.5) is 17.2 Å². The number of ether oxygens (including phenoxy) is 1. The van der Waals surface area contributed by atoms with Crippen LogP contribution in [0.2, 0.25) is 0 Å². The van der Waals surface area contributed by atoms with Crippen LogP contribution < -0.4 is 16.0 Å². The molecule has 38 heavy (non-hydrogen) atoms. The second-order valence-corrected chi connectivity index (χ2v) is 10.0. The summed E-state index contributed by atoms with van der Waals surface area (Å²) in [5, 5.41) is 21.7. The first-order valence-electron chi connectivity index (χ1n) is 13.0. The van der Waals surface area contributed by atoms with Crippen LogP contribution in [0.1, 0.15) is 25.0 Å². The Morgan fingerprint density at radius 2 is 2.00 bits per heavy atom. The second-order valence-electron chi connectivity index (χ2n) is 10.0. The summed E-state index contributed by atoms with van der Waals surface area (Å²) in [7, 11) is 0. The van der Waals surface area contributed by atoms with Crippen molar-refractivity contribution in [3.05, 3.63) is 66.6 Å². The van der Waals surface area contributed by atoms with Crippen LogP contribution in [0, 0.1) is 11.8 Å².